The lowest BCUT2D eigenvalue weighted by atomic mass is 10.2. The first-order valence-corrected chi connectivity index (χ1v) is 5.81. The van der Waals surface area contributed by atoms with Gasteiger partial charge in [0.1, 0.15) is 0 Å². The fourth-order valence-electron chi connectivity index (χ4n) is 0.924. The average Bonchev–Trinajstić information content (AvgIpc) is 2.32. The molecule has 0 aromatic carbocycles. The Labute approximate surface area is 93.7 Å². The molecule has 13 heavy (non-hydrogen) atoms. The molecule has 0 aliphatic heterocycles. The van der Waals surface area contributed by atoms with Crippen LogP contribution in [0.5, 0.6) is 0 Å². The Morgan fingerprint density at radius 3 is 2.85 bits per heavy atom. The number of thiophene rings is 1. The number of alkyl halides is 1. The summed E-state index contributed by atoms with van der Waals surface area (Å²) in [6, 6.07) is 0. The van der Waals surface area contributed by atoms with Crippen LogP contribution < -0.4 is 0 Å². The Bertz CT molecular complexity index is 322. The number of hydrogen-bond donors (Lipinski definition) is 1. The molecule has 0 aliphatic carbocycles. The highest BCUT2D eigenvalue weighted by Gasteiger charge is 2.14. The van der Waals surface area contributed by atoms with Crippen LogP contribution in [0.4, 0.5) is 0 Å². The van der Waals surface area contributed by atoms with E-state index in [4.69, 9.17) is 16.7 Å². The lowest BCUT2D eigenvalue weighted by Crippen LogP contribution is -1.98. The van der Waals surface area contributed by atoms with E-state index in [0.717, 1.165) is 10.4 Å². The largest absolute Gasteiger partial charge is 0.481 e. The van der Waals surface area contributed by atoms with Crippen LogP contribution in [0.25, 0.3) is 0 Å². The molecule has 2 nitrogen and oxygen atoms in total. The Morgan fingerprint density at radius 1 is 1.85 bits per heavy atom. The fourth-order valence-corrected chi connectivity index (χ4v) is 3.09. The van der Waals surface area contributed by atoms with Gasteiger partial charge in [0.05, 0.1) is 11.4 Å². The molecule has 1 N–H and O–H groups in total. The highest BCUT2D eigenvalue weighted by atomic mass is 79.9. The van der Waals surface area contributed by atoms with Crippen molar-refractivity contribution in [3.63, 3.8) is 0 Å². The predicted molar refractivity (Wildman–Crippen MR) is 58.0 cm³/mol. The number of rotatable bonds is 3. The van der Waals surface area contributed by atoms with Crippen molar-refractivity contribution in [1.82, 2.24) is 0 Å². The molecule has 5 heteroatoms. The SMILES string of the molecule is CC(Br)c1csc(CC(=O)O)c1Cl. The summed E-state index contributed by atoms with van der Waals surface area (Å²) >= 11 is 10.8. The molecule has 0 bridgehead atoms. The summed E-state index contributed by atoms with van der Waals surface area (Å²) in [5.74, 6) is -0.850. The van der Waals surface area contributed by atoms with Crippen LogP contribution in [0.3, 0.4) is 0 Å². The Hall–Kier alpha value is -0.0600. The van der Waals surface area contributed by atoms with Gasteiger partial charge >= 0.3 is 5.97 Å². The standard InChI is InChI=1S/C8H8BrClO2S/c1-4(9)5-3-13-6(8(5)10)2-7(11)12/h3-4H,2H2,1H3,(H,11,12). The first kappa shape index (κ1) is 11.0. The number of aliphatic carboxylic acids is 1. The highest BCUT2D eigenvalue weighted by Crippen LogP contribution is 2.35. The Kier molecular flexibility index (Phi) is 3.76. The molecule has 1 heterocycles. The van der Waals surface area contributed by atoms with Gasteiger partial charge in [-0.15, -0.1) is 11.3 Å². The van der Waals surface area contributed by atoms with E-state index >= 15 is 0 Å². The van der Waals surface area contributed by atoms with Gasteiger partial charge in [-0.1, -0.05) is 27.5 Å². The first-order valence-electron chi connectivity index (χ1n) is 3.64. The average molecular weight is 284 g/mol. The zero-order valence-electron chi connectivity index (χ0n) is 6.88. The van der Waals surface area contributed by atoms with Gasteiger partial charge < -0.3 is 5.11 Å². The third-order valence-electron chi connectivity index (χ3n) is 1.57. The van der Waals surface area contributed by atoms with Crippen LogP contribution >= 0.6 is 38.9 Å². The van der Waals surface area contributed by atoms with Crippen LogP contribution in [-0.4, -0.2) is 11.1 Å². The van der Waals surface area contributed by atoms with Gasteiger partial charge in [-0.05, 0) is 17.9 Å². The van der Waals surface area contributed by atoms with Crippen LogP contribution in [-0.2, 0) is 11.2 Å². The quantitative estimate of drug-likeness (QED) is 0.862. The van der Waals surface area contributed by atoms with E-state index in [9.17, 15) is 4.79 Å². The normalized spacial score (nSPS) is 12.8. The second-order valence-corrected chi connectivity index (χ2v) is 5.33. The smallest absolute Gasteiger partial charge is 0.308 e. The topological polar surface area (TPSA) is 37.3 Å². The van der Waals surface area contributed by atoms with Crippen molar-refractivity contribution >= 4 is 44.8 Å². The van der Waals surface area contributed by atoms with Gasteiger partial charge in [-0.2, -0.15) is 0 Å². The molecule has 0 amide bonds. The molecular formula is C8H8BrClO2S. The second kappa shape index (κ2) is 4.44. The van der Waals surface area contributed by atoms with Crippen molar-refractivity contribution in [2.24, 2.45) is 0 Å². The van der Waals surface area contributed by atoms with Crippen molar-refractivity contribution < 1.29 is 9.90 Å². The van der Waals surface area contributed by atoms with Crippen LogP contribution in [0.2, 0.25) is 5.02 Å². The summed E-state index contributed by atoms with van der Waals surface area (Å²) in [5.41, 5.74) is 0.961. The first-order chi connectivity index (χ1) is 6.02. The van der Waals surface area contributed by atoms with Gasteiger partial charge in [0.15, 0.2) is 0 Å². The molecule has 0 saturated carbocycles. The molecule has 0 spiro atoms. The van der Waals surface area contributed by atoms with Gasteiger partial charge in [-0.3, -0.25) is 4.79 Å². The van der Waals surface area contributed by atoms with Crippen molar-refractivity contribution in [3.05, 3.63) is 20.8 Å². The molecule has 0 saturated heterocycles. The molecule has 0 aliphatic rings. The highest BCUT2D eigenvalue weighted by molar-refractivity contribution is 9.09. The maximum Gasteiger partial charge on any atom is 0.308 e. The second-order valence-electron chi connectivity index (χ2n) is 2.61. The summed E-state index contributed by atoms with van der Waals surface area (Å²) < 4.78 is 0. The molecular weight excluding hydrogens is 276 g/mol. The van der Waals surface area contributed by atoms with Crippen molar-refractivity contribution in [3.8, 4) is 0 Å². The van der Waals surface area contributed by atoms with Gasteiger partial charge in [0, 0.05) is 9.70 Å². The summed E-state index contributed by atoms with van der Waals surface area (Å²) in [4.78, 5) is 11.3. The zero-order chi connectivity index (χ0) is 10.0. The Balaban J connectivity index is 2.92. The maximum absolute atomic E-state index is 10.4. The van der Waals surface area contributed by atoms with Gasteiger partial charge in [-0.25, -0.2) is 0 Å². The van der Waals surface area contributed by atoms with E-state index in [1.165, 1.54) is 11.3 Å². The molecule has 0 fully saturated rings. The minimum absolute atomic E-state index is 0.00319. The molecule has 1 aromatic rings. The fraction of sp³-hybridized carbons (Fsp3) is 0.375. The van der Waals surface area contributed by atoms with E-state index < -0.39 is 5.97 Å². The predicted octanol–water partition coefficient (Wildman–Crippen LogP) is 3.48. The van der Waals surface area contributed by atoms with Crippen molar-refractivity contribution in [1.29, 1.82) is 0 Å². The summed E-state index contributed by atoms with van der Waals surface area (Å²) in [6.07, 6.45) is 0.00319. The van der Waals surface area contributed by atoms with E-state index in [0.29, 0.717) is 5.02 Å². The third-order valence-corrected chi connectivity index (χ3v) is 3.62. The van der Waals surface area contributed by atoms with Gasteiger partial charge in [0.2, 0.25) is 0 Å². The van der Waals surface area contributed by atoms with E-state index in [-0.39, 0.29) is 11.2 Å². The van der Waals surface area contributed by atoms with Crippen LogP contribution in [0, 0.1) is 0 Å². The number of halogens is 2. The van der Waals surface area contributed by atoms with Gasteiger partial charge in [0.25, 0.3) is 0 Å². The summed E-state index contributed by atoms with van der Waals surface area (Å²) in [5, 5.41) is 11.0. The lowest BCUT2D eigenvalue weighted by Gasteiger charge is -2.00. The molecule has 72 valence electrons. The van der Waals surface area contributed by atoms with E-state index in [1.807, 2.05) is 12.3 Å². The monoisotopic (exact) mass is 282 g/mol. The van der Waals surface area contributed by atoms with Crippen molar-refractivity contribution in [2.75, 3.05) is 0 Å². The minimum Gasteiger partial charge on any atom is -0.481 e. The lowest BCUT2D eigenvalue weighted by molar-refractivity contribution is -0.136. The van der Waals surface area contributed by atoms with E-state index in [2.05, 4.69) is 15.9 Å². The number of carbonyl (C=O) groups is 1. The van der Waals surface area contributed by atoms with Crippen LogP contribution in [0.1, 0.15) is 22.2 Å². The maximum atomic E-state index is 10.4. The third kappa shape index (κ3) is 2.69. The van der Waals surface area contributed by atoms with Crippen molar-refractivity contribution in [2.45, 2.75) is 18.2 Å². The number of carboxylic acids is 1. The summed E-state index contributed by atoms with van der Waals surface area (Å²) in [6.45, 7) is 1.96. The molecule has 1 unspecified atom stereocenters. The molecule has 1 aromatic heterocycles. The molecule has 1 atom stereocenters. The number of hydrogen-bond acceptors (Lipinski definition) is 2. The summed E-state index contributed by atoms with van der Waals surface area (Å²) in [7, 11) is 0. The minimum atomic E-state index is -0.850. The van der Waals surface area contributed by atoms with Crippen LogP contribution in [0.15, 0.2) is 5.38 Å². The number of carboxylic acid groups (broad SMARTS) is 1. The Morgan fingerprint density at radius 2 is 2.46 bits per heavy atom. The zero-order valence-corrected chi connectivity index (χ0v) is 10.0. The molecule has 1 rings (SSSR count). The van der Waals surface area contributed by atoms with E-state index in [1.54, 1.807) is 0 Å². The molecule has 0 radical (unpaired) electrons.